The second-order valence-corrected chi connectivity index (χ2v) is 5.81. The molecule has 0 spiro atoms. The molecular weight excluding hydrogens is 230 g/mol. The van der Waals surface area contributed by atoms with E-state index in [0.29, 0.717) is 0 Å². The Hall–Kier alpha value is -0.900. The number of rotatable bonds is 4. The largest absolute Gasteiger partial charge is 0.394 e. The van der Waals surface area contributed by atoms with Crippen molar-refractivity contribution in [1.82, 2.24) is 5.32 Å². The molecule has 0 atom stereocenters. The summed E-state index contributed by atoms with van der Waals surface area (Å²) >= 11 is 1.80. The van der Waals surface area contributed by atoms with Crippen LogP contribution in [0.4, 0.5) is 0 Å². The molecule has 0 amide bonds. The summed E-state index contributed by atoms with van der Waals surface area (Å²) in [5.41, 5.74) is 1.36. The van der Waals surface area contributed by atoms with Crippen LogP contribution in [0.3, 0.4) is 0 Å². The molecule has 0 aliphatic heterocycles. The molecule has 0 bridgehead atoms. The second kappa shape index (κ2) is 4.41. The smallest absolute Gasteiger partial charge is 0.0613 e. The van der Waals surface area contributed by atoms with Gasteiger partial charge in [0.2, 0.25) is 0 Å². The Labute approximate surface area is 105 Å². The molecule has 1 aromatic carbocycles. The minimum Gasteiger partial charge on any atom is -0.394 e. The van der Waals surface area contributed by atoms with Crippen molar-refractivity contribution in [3.05, 3.63) is 35.2 Å². The molecule has 1 aliphatic rings. The molecule has 0 unspecified atom stereocenters. The molecule has 1 aliphatic carbocycles. The molecule has 1 aromatic heterocycles. The third kappa shape index (κ3) is 1.99. The van der Waals surface area contributed by atoms with Gasteiger partial charge in [0, 0.05) is 16.8 Å². The lowest BCUT2D eigenvalue weighted by Crippen LogP contribution is -2.53. The number of aliphatic hydroxyl groups excluding tert-OH is 1. The van der Waals surface area contributed by atoms with Crippen LogP contribution in [-0.4, -0.2) is 17.3 Å². The van der Waals surface area contributed by atoms with E-state index in [2.05, 4.69) is 35.0 Å². The predicted molar refractivity (Wildman–Crippen MR) is 72.3 cm³/mol. The molecule has 3 heteroatoms. The maximum Gasteiger partial charge on any atom is 0.0613 e. The number of thiophene rings is 1. The molecule has 0 saturated heterocycles. The summed E-state index contributed by atoms with van der Waals surface area (Å²) < 4.78 is 1.34. The maximum atomic E-state index is 9.42. The fourth-order valence-corrected chi connectivity index (χ4v) is 3.41. The topological polar surface area (TPSA) is 32.3 Å². The summed E-state index contributed by atoms with van der Waals surface area (Å²) in [7, 11) is 0. The first kappa shape index (κ1) is 11.2. The monoisotopic (exact) mass is 247 g/mol. The maximum absolute atomic E-state index is 9.42. The first-order valence-electron chi connectivity index (χ1n) is 6.14. The summed E-state index contributed by atoms with van der Waals surface area (Å²) in [6, 6.07) is 8.50. The van der Waals surface area contributed by atoms with Gasteiger partial charge < -0.3 is 10.4 Å². The second-order valence-electron chi connectivity index (χ2n) is 4.90. The number of hydrogen-bond donors (Lipinski definition) is 2. The minimum atomic E-state index is 0.00302. The number of fused-ring (bicyclic) bond motifs is 1. The number of nitrogens with one attached hydrogen (secondary N) is 1. The zero-order valence-corrected chi connectivity index (χ0v) is 10.6. The zero-order chi connectivity index (χ0) is 11.7. The fraction of sp³-hybridized carbons (Fsp3) is 0.429. The van der Waals surface area contributed by atoms with Crippen LogP contribution >= 0.6 is 11.3 Å². The van der Waals surface area contributed by atoms with E-state index in [0.717, 1.165) is 19.4 Å². The van der Waals surface area contributed by atoms with Gasteiger partial charge in [0.05, 0.1) is 6.61 Å². The van der Waals surface area contributed by atoms with Crippen LogP contribution < -0.4 is 5.32 Å². The highest BCUT2D eigenvalue weighted by molar-refractivity contribution is 7.17. The van der Waals surface area contributed by atoms with Crippen molar-refractivity contribution in [2.45, 2.75) is 31.3 Å². The third-order valence-electron chi connectivity index (χ3n) is 3.83. The van der Waals surface area contributed by atoms with E-state index in [-0.39, 0.29) is 12.1 Å². The third-order valence-corrected chi connectivity index (χ3v) is 4.84. The van der Waals surface area contributed by atoms with Gasteiger partial charge in [-0.1, -0.05) is 18.2 Å². The van der Waals surface area contributed by atoms with Gasteiger partial charge in [0.1, 0.15) is 0 Å². The summed E-state index contributed by atoms with van der Waals surface area (Å²) in [5, 5.41) is 16.5. The van der Waals surface area contributed by atoms with E-state index < -0.39 is 0 Å². The molecule has 1 heterocycles. The SMILES string of the molecule is OCC1(NCc2csc3ccccc23)CCC1. The molecule has 1 fully saturated rings. The molecular formula is C14H17NOS. The first-order valence-corrected chi connectivity index (χ1v) is 7.02. The summed E-state index contributed by atoms with van der Waals surface area (Å²) in [6.07, 6.45) is 3.44. The van der Waals surface area contributed by atoms with Gasteiger partial charge in [-0.15, -0.1) is 11.3 Å². The normalized spacial score (nSPS) is 18.2. The predicted octanol–water partition coefficient (Wildman–Crippen LogP) is 2.91. The van der Waals surface area contributed by atoms with Crippen LogP contribution in [0.5, 0.6) is 0 Å². The van der Waals surface area contributed by atoms with E-state index in [1.165, 1.54) is 22.1 Å². The highest BCUT2D eigenvalue weighted by Crippen LogP contribution is 2.32. The molecule has 2 N–H and O–H groups in total. The molecule has 3 rings (SSSR count). The number of aliphatic hydroxyl groups is 1. The Morgan fingerprint density at radius 3 is 2.82 bits per heavy atom. The lowest BCUT2D eigenvalue weighted by atomic mass is 9.77. The lowest BCUT2D eigenvalue weighted by Gasteiger charge is -2.41. The summed E-state index contributed by atoms with van der Waals surface area (Å²) in [5.74, 6) is 0. The van der Waals surface area contributed by atoms with Gasteiger partial charge >= 0.3 is 0 Å². The van der Waals surface area contributed by atoms with Gasteiger partial charge in [-0.3, -0.25) is 0 Å². The first-order chi connectivity index (χ1) is 8.33. The van der Waals surface area contributed by atoms with Gasteiger partial charge in [-0.2, -0.15) is 0 Å². The van der Waals surface area contributed by atoms with Crippen LogP contribution in [0, 0.1) is 0 Å². The zero-order valence-electron chi connectivity index (χ0n) is 9.78. The van der Waals surface area contributed by atoms with Crippen molar-refractivity contribution in [1.29, 1.82) is 0 Å². The Morgan fingerprint density at radius 1 is 1.29 bits per heavy atom. The molecule has 2 nitrogen and oxygen atoms in total. The molecule has 2 aromatic rings. The van der Waals surface area contributed by atoms with E-state index in [1.54, 1.807) is 11.3 Å². The molecule has 1 saturated carbocycles. The Morgan fingerprint density at radius 2 is 2.12 bits per heavy atom. The molecule has 0 radical (unpaired) electrons. The quantitative estimate of drug-likeness (QED) is 0.870. The highest BCUT2D eigenvalue weighted by Gasteiger charge is 2.35. The van der Waals surface area contributed by atoms with Crippen LogP contribution in [0.15, 0.2) is 29.6 Å². The van der Waals surface area contributed by atoms with Gasteiger partial charge in [0.25, 0.3) is 0 Å². The van der Waals surface area contributed by atoms with Crippen molar-refractivity contribution < 1.29 is 5.11 Å². The lowest BCUT2D eigenvalue weighted by molar-refractivity contribution is 0.0873. The van der Waals surface area contributed by atoms with Crippen molar-refractivity contribution in [2.24, 2.45) is 0 Å². The van der Waals surface area contributed by atoms with Crippen molar-refractivity contribution in [3.8, 4) is 0 Å². The summed E-state index contributed by atoms with van der Waals surface area (Å²) in [4.78, 5) is 0. The average Bonchev–Trinajstić information content (AvgIpc) is 2.72. The van der Waals surface area contributed by atoms with Gasteiger partial charge in [0.15, 0.2) is 0 Å². The van der Waals surface area contributed by atoms with Crippen molar-refractivity contribution in [2.75, 3.05) is 6.61 Å². The number of hydrogen-bond acceptors (Lipinski definition) is 3. The van der Waals surface area contributed by atoms with Crippen LogP contribution in [-0.2, 0) is 6.54 Å². The van der Waals surface area contributed by atoms with Crippen molar-refractivity contribution in [3.63, 3.8) is 0 Å². The van der Waals surface area contributed by atoms with E-state index in [1.807, 2.05) is 0 Å². The molecule has 90 valence electrons. The van der Waals surface area contributed by atoms with E-state index in [9.17, 15) is 5.11 Å². The van der Waals surface area contributed by atoms with Gasteiger partial charge in [-0.05, 0) is 41.7 Å². The fourth-order valence-electron chi connectivity index (χ4n) is 2.45. The minimum absolute atomic E-state index is 0.00302. The Kier molecular flexibility index (Phi) is 2.90. The van der Waals surface area contributed by atoms with Crippen LogP contribution in [0.25, 0.3) is 10.1 Å². The standard InChI is InChI=1S/C14H17NOS/c16-10-14(6-3-7-14)15-8-11-9-17-13-5-2-1-4-12(11)13/h1-2,4-5,9,15-16H,3,6-8,10H2. The average molecular weight is 247 g/mol. The summed E-state index contributed by atoms with van der Waals surface area (Å²) in [6.45, 7) is 1.12. The van der Waals surface area contributed by atoms with Gasteiger partial charge in [-0.25, -0.2) is 0 Å². The highest BCUT2D eigenvalue weighted by atomic mass is 32.1. The van der Waals surface area contributed by atoms with Crippen LogP contribution in [0.2, 0.25) is 0 Å². The Balaban J connectivity index is 1.77. The van der Waals surface area contributed by atoms with Crippen LogP contribution in [0.1, 0.15) is 24.8 Å². The number of benzene rings is 1. The molecule has 17 heavy (non-hydrogen) atoms. The van der Waals surface area contributed by atoms with E-state index in [4.69, 9.17) is 0 Å². The Bertz CT molecular complexity index is 510. The van der Waals surface area contributed by atoms with Crippen molar-refractivity contribution >= 4 is 21.4 Å². The van der Waals surface area contributed by atoms with E-state index >= 15 is 0 Å².